The maximum absolute atomic E-state index is 13.3. The summed E-state index contributed by atoms with van der Waals surface area (Å²) in [7, 11) is -3.98. The summed E-state index contributed by atoms with van der Waals surface area (Å²) in [5, 5.41) is 9.33. The molecule has 1 aromatic carbocycles. The van der Waals surface area contributed by atoms with E-state index in [1.165, 1.54) is 28.6 Å². The standard InChI is InChI=1S/C16H24N2O4S/c1-15(2)9-11(17)10-16(3,4)18(15)23(21,22)13-8-6-5-7-12(13)14(19)20/h5-8,11H,9-10,17H2,1-4H3,(H,19,20). The summed E-state index contributed by atoms with van der Waals surface area (Å²) in [6, 6.07) is 5.62. The minimum atomic E-state index is -3.98. The number of nitrogens with two attached hydrogens (primary N) is 1. The maximum atomic E-state index is 13.3. The second-order valence-electron chi connectivity index (χ2n) is 7.36. The number of hydrogen-bond acceptors (Lipinski definition) is 4. The van der Waals surface area contributed by atoms with Gasteiger partial charge in [0.05, 0.1) is 10.5 Å². The molecule has 7 heteroatoms. The van der Waals surface area contributed by atoms with Gasteiger partial charge in [-0.3, -0.25) is 0 Å². The van der Waals surface area contributed by atoms with Crippen LogP contribution in [0, 0.1) is 0 Å². The number of aromatic carboxylic acids is 1. The van der Waals surface area contributed by atoms with E-state index in [0.717, 1.165) is 0 Å². The summed E-state index contributed by atoms with van der Waals surface area (Å²) in [6.45, 7) is 7.31. The Balaban J connectivity index is 2.65. The second-order valence-corrected chi connectivity index (χ2v) is 9.12. The highest BCUT2D eigenvalue weighted by Crippen LogP contribution is 2.42. The zero-order valence-electron chi connectivity index (χ0n) is 13.9. The van der Waals surface area contributed by atoms with Crippen molar-refractivity contribution in [3.8, 4) is 0 Å². The molecule has 0 unspecified atom stereocenters. The summed E-state index contributed by atoms with van der Waals surface area (Å²) in [6.07, 6.45) is 1.04. The van der Waals surface area contributed by atoms with Crippen LogP contribution in [-0.4, -0.2) is 40.9 Å². The van der Waals surface area contributed by atoms with Crippen molar-refractivity contribution in [2.75, 3.05) is 0 Å². The fourth-order valence-electron chi connectivity index (χ4n) is 3.96. The number of carbonyl (C=O) groups is 1. The van der Waals surface area contributed by atoms with E-state index in [4.69, 9.17) is 5.73 Å². The summed E-state index contributed by atoms with van der Waals surface area (Å²) in [5.74, 6) is -1.26. The molecule has 2 rings (SSSR count). The summed E-state index contributed by atoms with van der Waals surface area (Å²) < 4.78 is 28.0. The number of nitrogens with zero attached hydrogens (tertiary/aromatic N) is 1. The molecule has 128 valence electrons. The molecule has 1 aromatic rings. The third-order valence-corrected chi connectivity index (χ3v) is 6.64. The Morgan fingerprint density at radius 1 is 1.17 bits per heavy atom. The van der Waals surface area contributed by atoms with Crippen LogP contribution < -0.4 is 5.73 Å². The van der Waals surface area contributed by atoms with Crippen molar-refractivity contribution in [1.29, 1.82) is 0 Å². The van der Waals surface area contributed by atoms with E-state index in [2.05, 4.69) is 0 Å². The van der Waals surface area contributed by atoms with Gasteiger partial charge in [-0.15, -0.1) is 0 Å². The van der Waals surface area contributed by atoms with Crippen LogP contribution in [0.1, 0.15) is 50.9 Å². The van der Waals surface area contributed by atoms with Gasteiger partial charge in [-0.05, 0) is 52.7 Å². The van der Waals surface area contributed by atoms with Gasteiger partial charge in [-0.1, -0.05) is 12.1 Å². The van der Waals surface area contributed by atoms with E-state index in [1.54, 1.807) is 0 Å². The van der Waals surface area contributed by atoms with Crippen LogP contribution >= 0.6 is 0 Å². The van der Waals surface area contributed by atoms with Crippen LogP contribution in [0.2, 0.25) is 0 Å². The Kier molecular flexibility index (Phi) is 4.34. The van der Waals surface area contributed by atoms with Crippen LogP contribution in [0.4, 0.5) is 0 Å². The quantitative estimate of drug-likeness (QED) is 0.877. The lowest BCUT2D eigenvalue weighted by Gasteiger charge is -2.53. The zero-order valence-corrected chi connectivity index (χ0v) is 14.7. The van der Waals surface area contributed by atoms with Gasteiger partial charge in [0.25, 0.3) is 0 Å². The van der Waals surface area contributed by atoms with E-state index >= 15 is 0 Å². The number of piperidine rings is 1. The molecular weight excluding hydrogens is 316 g/mol. The van der Waals surface area contributed by atoms with Gasteiger partial charge in [0, 0.05) is 17.1 Å². The van der Waals surface area contributed by atoms with Gasteiger partial charge in [0.2, 0.25) is 10.0 Å². The normalized spacial score (nSPS) is 22.0. The first-order valence-electron chi connectivity index (χ1n) is 7.53. The molecule has 0 bridgehead atoms. The molecule has 0 saturated carbocycles. The molecule has 1 heterocycles. The van der Waals surface area contributed by atoms with Gasteiger partial charge in [0.15, 0.2) is 0 Å². The minimum absolute atomic E-state index is 0.0961. The van der Waals surface area contributed by atoms with Crippen molar-refractivity contribution in [3.05, 3.63) is 29.8 Å². The highest BCUT2D eigenvalue weighted by molar-refractivity contribution is 7.89. The Labute approximate surface area is 137 Å². The molecule has 0 atom stereocenters. The molecular formula is C16H24N2O4S. The molecule has 0 amide bonds. The lowest BCUT2D eigenvalue weighted by molar-refractivity contribution is 0.0439. The van der Waals surface area contributed by atoms with Crippen LogP contribution in [0.15, 0.2) is 29.2 Å². The van der Waals surface area contributed by atoms with E-state index in [0.29, 0.717) is 12.8 Å². The number of carboxylic acids is 1. The van der Waals surface area contributed by atoms with Crippen molar-refractivity contribution >= 4 is 16.0 Å². The molecule has 6 nitrogen and oxygen atoms in total. The highest BCUT2D eigenvalue weighted by atomic mass is 32.2. The number of sulfonamides is 1. The van der Waals surface area contributed by atoms with Crippen molar-refractivity contribution < 1.29 is 18.3 Å². The molecule has 0 aromatic heterocycles. The fourth-order valence-corrected chi connectivity index (χ4v) is 6.29. The monoisotopic (exact) mass is 340 g/mol. The number of rotatable bonds is 3. The molecule has 1 fully saturated rings. The Morgan fingerprint density at radius 2 is 1.65 bits per heavy atom. The molecule has 0 spiro atoms. The lowest BCUT2D eigenvalue weighted by Crippen LogP contribution is -2.65. The number of benzene rings is 1. The molecule has 1 aliphatic rings. The first-order chi connectivity index (χ1) is 10.4. The van der Waals surface area contributed by atoms with E-state index in [-0.39, 0.29) is 16.5 Å². The van der Waals surface area contributed by atoms with Gasteiger partial charge >= 0.3 is 5.97 Å². The predicted molar refractivity (Wildman–Crippen MR) is 87.8 cm³/mol. The largest absolute Gasteiger partial charge is 0.478 e. The van der Waals surface area contributed by atoms with Crippen molar-refractivity contribution in [1.82, 2.24) is 4.31 Å². The van der Waals surface area contributed by atoms with E-state index in [9.17, 15) is 18.3 Å². The third-order valence-electron chi connectivity index (χ3n) is 4.26. The third kappa shape index (κ3) is 3.13. The topological polar surface area (TPSA) is 101 Å². The van der Waals surface area contributed by atoms with E-state index in [1.807, 2.05) is 27.7 Å². The molecule has 0 radical (unpaired) electrons. The lowest BCUT2D eigenvalue weighted by atomic mass is 9.80. The highest BCUT2D eigenvalue weighted by Gasteiger charge is 2.51. The van der Waals surface area contributed by atoms with Crippen molar-refractivity contribution in [2.45, 2.75) is 62.6 Å². The average molecular weight is 340 g/mol. The summed E-state index contributed by atoms with van der Waals surface area (Å²) >= 11 is 0. The minimum Gasteiger partial charge on any atom is -0.478 e. The van der Waals surface area contributed by atoms with Gasteiger partial charge in [-0.2, -0.15) is 4.31 Å². The van der Waals surface area contributed by atoms with Crippen LogP contribution in [-0.2, 0) is 10.0 Å². The van der Waals surface area contributed by atoms with Crippen LogP contribution in [0.3, 0.4) is 0 Å². The van der Waals surface area contributed by atoms with Crippen LogP contribution in [0.5, 0.6) is 0 Å². The number of carboxylic acid groups (broad SMARTS) is 1. The molecule has 0 aliphatic carbocycles. The molecule has 23 heavy (non-hydrogen) atoms. The zero-order chi connectivity index (χ0) is 17.6. The van der Waals surface area contributed by atoms with Gasteiger partial charge in [0.1, 0.15) is 0 Å². The Bertz CT molecular complexity index is 707. The average Bonchev–Trinajstić information content (AvgIpc) is 2.34. The van der Waals surface area contributed by atoms with Gasteiger partial charge < -0.3 is 10.8 Å². The first-order valence-corrected chi connectivity index (χ1v) is 8.97. The second kappa shape index (κ2) is 5.58. The van der Waals surface area contributed by atoms with Crippen molar-refractivity contribution in [3.63, 3.8) is 0 Å². The molecule has 3 N–H and O–H groups in total. The van der Waals surface area contributed by atoms with E-state index < -0.39 is 27.1 Å². The maximum Gasteiger partial charge on any atom is 0.337 e. The summed E-state index contributed by atoms with van der Waals surface area (Å²) in [5.41, 5.74) is 4.47. The van der Waals surface area contributed by atoms with Crippen molar-refractivity contribution in [2.24, 2.45) is 5.73 Å². The number of hydrogen-bond donors (Lipinski definition) is 2. The molecule has 1 aliphatic heterocycles. The smallest absolute Gasteiger partial charge is 0.337 e. The SMILES string of the molecule is CC1(C)CC(N)CC(C)(C)N1S(=O)(=O)c1ccccc1C(=O)O. The summed E-state index contributed by atoms with van der Waals surface area (Å²) in [4.78, 5) is 11.2. The first kappa shape index (κ1) is 17.9. The molecule has 1 saturated heterocycles. The van der Waals surface area contributed by atoms with Crippen LogP contribution in [0.25, 0.3) is 0 Å². The Hall–Kier alpha value is -1.44. The Morgan fingerprint density at radius 3 is 2.13 bits per heavy atom. The van der Waals surface area contributed by atoms with Gasteiger partial charge in [-0.25, -0.2) is 13.2 Å². The predicted octanol–water partition coefficient (Wildman–Crippen LogP) is 2.05. The fraction of sp³-hybridized carbons (Fsp3) is 0.562.